The minimum atomic E-state index is -2.22. The highest BCUT2D eigenvalue weighted by atomic mass is 16.4. The van der Waals surface area contributed by atoms with Gasteiger partial charge in [0.2, 0.25) is 5.54 Å². The molecule has 0 radical (unpaired) electrons. The first-order valence-corrected chi connectivity index (χ1v) is 7.11. The zero-order chi connectivity index (χ0) is 16.5. The lowest BCUT2D eigenvalue weighted by atomic mass is 9.73. The Morgan fingerprint density at radius 3 is 2.23 bits per heavy atom. The van der Waals surface area contributed by atoms with Gasteiger partial charge in [0.1, 0.15) is 5.78 Å². The maximum absolute atomic E-state index is 12.2. The maximum atomic E-state index is 12.2. The largest absolute Gasteiger partial charge is 0.479 e. The average molecular weight is 305 g/mol. The molecule has 1 heterocycles. The van der Waals surface area contributed by atoms with Gasteiger partial charge in [-0.2, -0.15) is 0 Å². The molecule has 6 nitrogen and oxygen atoms in total. The summed E-state index contributed by atoms with van der Waals surface area (Å²) in [4.78, 5) is 37.2. The molecule has 2 unspecified atom stereocenters. The molecule has 0 aromatic heterocycles. The van der Waals surface area contributed by atoms with Crippen molar-refractivity contribution < 1.29 is 24.6 Å². The summed E-state index contributed by atoms with van der Waals surface area (Å²) in [7, 11) is 0. The van der Waals surface area contributed by atoms with Crippen molar-refractivity contribution in [1.29, 1.82) is 0 Å². The highest BCUT2D eigenvalue weighted by molar-refractivity contribution is 6.09. The van der Waals surface area contributed by atoms with Gasteiger partial charge in [-0.25, -0.2) is 9.59 Å². The van der Waals surface area contributed by atoms with Gasteiger partial charge in [-0.15, -0.1) is 0 Å². The number of likely N-dealkylation sites (tertiary alicyclic amines) is 1. The summed E-state index contributed by atoms with van der Waals surface area (Å²) < 4.78 is 0. The van der Waals surface area contributed by atoms with E-state index in [1.807, 2.05) is 6.07 Å². The van der Waals surface area contributed by atoms with Gasteiger partial charge in [-0.3, -0.25) is 9.69 Å². The number of hydrogen-bond donors (Lipinski definition) is 2. The lowest BCUT2D eigenvalue weighted by Gasteiger charge is -2.46. The normalized spacial score (nSPS) is 24.9. The van der Waals surface area contributed by atoms with Crippen LogP contribution < -0.4 is 0 Å². The Labute approximate surface area is 128 Å². The summed E-state index contributed by atoms with van der Waals surface area (Å²) in [6.45, 7) is 3.36. The highest BCUT2D eigenvalue weighted by Crippen LogP contribution is 2.36. The second-order valence-electron chi connectivity index (χ2n) is 5.77. The molecule has 0 bridgehead atoms. The Morgan fingerprint density at radius 1 is 1.18 bits per heavy atom. The van der Waals surface area contributed by atoms with Gasteiger partial charge >= 0.3 is 11.9 Å². The summed E-state index contributed by atoms with van der Waals surface area (Å²) >= 11 is 0. The fraction of sp³-hybridized carbons (Fsp3) is 0.438. The third kappa shape index (κ3) is 2.39. The van der Waals surface area contributed by atoms with E-state index in [0.717, 1.165) is 5.56 Å². The van der Waals surface area contributed by atoms with Gasteiger partial charge in [0, 0.05) is 19.0 Å². The number of ketones is 1. The minimum Gasteiger partial charge on any atom is -0.479 e. The zero-order valence-corrected chi connectivity index (χ0v) is 12.5. The zero-order valence-electron chi connectivity index (χ0n) is 12.5. The number of Topliss-reactive ketones (excluding diaryl/α,β-unsaturated/α-hetero) is 1. The van der Waals surface area contributed by atoms with E-state index in [9.17, 15) is 24.6 Å². The lowest BCUT2D eigenvalue weighted by Crippen LogP contribution is -2.69. The third-order valence-corrected chi connectivity index (χ3v) is 4.40. The second kappa shape index (κ2) is 5.88. The van der Waals surface area contributed by atoms with E-state index in [4.69, 9.17) is 0 Å². The SMILES string of the molecule is CC1CN(Cc2ccccc2)C(C(=O)O)(C(=O)O)C(C)C1=O. The molecule has 0 saturated carbocycles. The molecule has 118 valence electrons. The number of nitrogens with zero attached hydrogens (tertiary/aromatic N) is 1. The van der Waals surface area contributed by atoms with Crippen molar-refractivity contribution in [2.45, 2.75) is 25.9 Å². The van der Waals surface area contributed by atoms with Crippen molar-refractivity contribution in [2.75, 3.05) is 6.54 Å². The molecule has 1 fully saturated rings. The topological polar surface area (TPSA) is 94.9 Å². The lowest BCUT2D eigenvalue weighted by molar-refractivity contribution is -0.181. The molecule has 1 aromatic rings. The van der Waals surface area contributed by atoms with Crippen LogP contribution in [0.5, 0.6) is 0 Å². The van der Waals surface area contributed by atoms with E-state index in [2.05, 4.69) is 0 Å². The third-order valence-electron chi connectivity index (χ3n) is 4.40. The molecule has 2 N–H and O–H groups in total. The van der Waals surface area contributed by atoms with Gasteiger partial charge in [-0.1, -0.05) is 44.2 Å². The van der Waals surface area contributed by atoms with Gasteiger partial charge in [0.05, 0.1) is 5.92 Å². The van der Waals surface area contributed by atoms with E-state index in [1.54, 1.807) is 31.2 Å². The van der Waals surface area contributed by atoms with Crippen LogP contribution in [0, 0.1) is 11.8 Å². The van der Waals surface area contributed by atoms with Gasteiger partial charge in [0.15, 0.2) is 0 Å². The highest BCUT2D eigenvalue weighted by Gasteiger charge is 2.61. The Morgan fingerprint density at radius 2 is 1.73 bits per heavy atom. The fourth-order valence-electron chi connectivity index (χ4n) is 3.20. The standard InChI is InChI=1S/C16H19NO5/c1-10-8-17(9-12-6-4-3-5-7-12)16(14(19)20,15(21)22)11(2)13(10)18/h3-7,10-11H,8-9H2,1-2H3,(H,19,20)(H,21,22). The molecule has 1 saturated heterocycles. The predicted molar refractivity (Wildman–Crippen MR) is 78.2 cm³/mol. The second-order valence-corrected chi connectivity index (χ2v) is 5.77. The average Bonchev–Trinajstić information content (AvgIpc) is 2.45. The molecule has 1 aromatic carbocycles. The first-order chi connectivity index (χ1) is 10.3. The number of carboxylic acid groups (broad SMARTS) is 2. The summed E-state index contributed by atoms with van der Waals surface area (Å²) in [5, 5.41) is 19.2. The van der Waals surface area contributed by atoms with Crippen molar-refractivity contribution in [2.24, 2.45) is 11.8 Å². The summed E-state index contributed by atoms with van der Waals surface area (Å²) in [6, 6.07) is 9.05. The molecule has 0 aliphatic carbocycles. The van der Waals surface area contributed by atoms with Crippen molar-refractivity contribution in [3.63, 3.8) is 0 Å². The minimum absolute atomic E-state index is 0.108. The molecule has 0 amide bonds. The Bertz CT molecular complexity index is 584. The molecular formula is C16H19NO5. The number of carbonyl (C=O) groups is 3. The quantitative estimate of drug-likeness (QED) is 0.813. The van der Waals surface area contributed by atoms with Crippen molar-refractivity contribution in [3.05, 3.63) is 35.9 Å². The number of rotatable bonds is 4. The number of piperidine rings is 1. The number of carbonyl (C=O) groups excluding carboxylic acids is 1. The van der Waals surface area contributed by atoms with Crippen molar-refractivity contribution >= 4 is 17.7 Å². The van der Waals surface area contributed by atoms with Gasteiger partial charge in [-0.05, 0) is 5.56 Å². The van der Waals surface area contributed by atoms with E-state index in [1.165, 1.54) is 11.8 Å². The maximum Gasteiger partial charge on any atom is 0.336 e. The molecule has 0 spiro atoms. The van der Waals surface area contributed by atoms with E-state index in [-0.39, 0.29) is 18.9 Å². The van der Waals surface area contributed by atoms with Crippen LogP contribution >= 0.6 is 0 Å². The Balaban J connectivity index is 2.49. The molecule has 1 aliphatic heterocycles. The summed E-state index contributed by atoms with van der Waals surface area (Å²) in [5.41, 5.74) is -1.41. The number of hydrogen-bond acceptors (Lipinski definition) is 4. The van der Waals surface area contributed by atoms with Crippen LogP contribution in [0.2, 0.25) is 0 Å². The molecular weight excluding hydrogens is 286 g/mol. The number of aliphatic carboxylic acids is 2. The van der Waals surface area contributed by atoms with Crippen LogP contribution in [0.25, 0.3) is 0 Å². The van der Waals surface area contributed by atoms with Crippen molar-refractivity contribution in [3.8, 4) is 0 Å². The van der Waals surface area contributed by atoms with Crippen LogP contribution in [0.4, 0.5) is 0 Å². The van der Waals surface area contributed by atoms with Crippen LogP contribution in [-0.2, 0) is 20.9 Å². The first kappa shape index (κ1) is 16.2. The smallest absolute Gasteiger partial charge is 0.336 e. The van der Waals surface area contributed by atoms with Crippen molar-refractivity contribution in [1.82, 2.24) is 4.90 Å². The predicted octanol–water partition coefficient (Wildman–Crippen LogP) is 1.25. The van der Waals surface area contributed by atoms with Gasteiger partial charge in [0.25, 0.3) is 0 Å². The molecule has 6 heteroatoms. The number of carboxylic acids is 2. The summed E-state index contributed by atoms with van der Waals surface area (Å²) in [6.07, 6.45) is 0. The Kier molecular flexibility index (Phi) is 4.32. The molecule has 2 atom stereocenters. The van der Waals surface area contributed by atoms with Crippen LogP contribution in [0.15, 0.2) is 30.3 Å². The summed E-state index contributed by atoms with van der Waals surface area (Å²) in [5.74, 6) is -4.83. The number of benzene rings is 1. The van der Waals surface area contributed by atoms with Crippen LogP contribution in [0.1, 0.15) is 19.4 Å². The van der Waals surface area contributed by atoms with E-state index in [0.29, 0.717) is 0 Å². The van der Waals surface area contributed by atoms with Gasteiger partial charge < -0.3 is 10.2 Å². The Hall–Kier alpha value is -2.21. The van der Waals surface area contributed by atoms with Crippen LogP contribution in [-0.4, -0.2) is 44.9 Å². The molecule has 1 aliphatic rings. The molecule has 22 heavy (non-hydrogen) atoms. The van der Waals surface area contributed by atoms with E-state index >= 15 is 0 Å². The monoisotopic (exact) mass is 305 g/mol. The van der Waals surface area contributed by atoms with E-state index < -0.39 is 29.3 Å². The molecule has 2 rings (SSSR count). The van der Waals surface area contributed by atoms with Crippen LogP contribution in [0.3, 0.4) is 0 Å². The fourth-order valence-corrected chi connectivity index (χ4v) is 3.20. The first-order valence-electron chi connectivity index (χ1n) is 7.11.